The van der Waals surface area contributed by atoms with Gasteiger partial charge in [0.1, 0.15) is 5.82 Å². The van der Waals surface area contributed by atoms with Crippen molar-refractivity contribution in [2.24, 2.45) is 5.10 Å². The topological polar surface area (TPSA) is 53.4 Å². The highest BCUT2D eigenvalue weighted by molar-refractivity contribution is 5.86. The number of hydrazone groups is 1. The van der Waals surface area contributed by atoms with E-state index in [1.807, 2.05) is 42.7 Å². The molecule has 3 aromatic rings. The molecule has 1 N–H and O–H groups in total. The van der Waals surface area contributed by atoms with Crippen LogP contribution in [0.3, 0.4) is 0 Å². The van der Waals surface area contributed by atoms with Crippen molar-refractivity contribution in [1.82, 2.24) is 14.9 Å². The molecule has 0 bridgehead atoms. The van der Waals surface area contributed by atoms with E-state index >= 15 is 0 Å². The Morgan fingerprint density at radius 2 is 1.88 bits per heavy atom. The van der Waals surface area contributed by atoms with Crippen molar-refractivity contribution in [2.75, 3.05) is 18.5 Å². The van der Waals surface area contributed by atoms with Gasteiger partial charge in [-0.05, 0) is 29.8 Å². The average molecular weight is 331 g/mol. The summed E-state index contributed by atoms with van der Waals surface area (Å²) in [5.74, 6) is 0.795. The van der Waals surface area contributed by atoms with E-state index in [0.717, 1.165) is 49.2 Å². The summed E-state index contributed by atoms with van der Waals surface area (Å²) >= 11 is 0. The first-order valence-electron chi connectivity index (χ1n) is 8.65. The predicted octanol–water partition coefficient (Wildman–Crippen LogP) is 3.69. The Balaban J connectivity index is 1.34. The molecule has 1 aliphatic rings. The van der Waals surface area contributed by atoms with Crippen LogP contribution in [-0.4, -0.2) is 33.7 Å². The quantitative estimate of drug-likeness (QED) is 0.741. The summed E-state index contributed by atoms with van der Waals surface area (Å²) in [5.41, 5.74) is 6.58. The number of rotatable bonds is 4. The van der Waals surface area contributed by atoms with E-state index in [-0.39, 0.29) is 0 Å². The Kier molecular flexibility index (Phi) is 4.65. The van der Waals surface area contributed by atoms with Crippen molar-refractivity contribution in [1.29, 1.82) is 0 Å². The van der Waals surface area contributed by atoms with E-state index in [9.17, 15) is 0 Å². The van der Waals surface area contributed by atoms with Crippen LogP contribution >= 0.6 is 0 Å². The summed E-state index contributed by atoms with van der Waals surface area (Å²) in [6, 6.07) is 16.3. The lowest BCUT2D eigenvalue weighted by atomic mass is 10.1. The molecule has 0 amide bonds. The van der Waals surface area contributed by atoms with Gasteiger partial charge in [0, 0.05) is 56.0 Å². The number of pyridine rings is 2. The Morgan fingerprint density at radius 1 is 1.00 bits per heavy atom. The van der Waals surface area contributed by atoms with Gasteiger partial charge in [0.05, 0.1) is 5.52 Å². The summed E-state index contributed by atoms with van der Waals surface area (Å²) in [4.78, 5) is 11.2. The molecule has 0 radical (unpaired) electrons. The molecule has 2 aromatic heterocycles. The zero-order chi connectivity index (χ0) is 16.9. The summed E-state index contributed by atoms with van der Waals surface area (Å²) < 4.78 is 0. The molecule has 1 fully saturated rings. The molecule has 5 heteroatoms. The molecule has 0 spiro atoms. The highest BCUT2D eigenvalue weighted by Gasteiger charge is 2.15. The smallest absolute Gasteiger partial charge is 0.146 e. The van der Waals surface area contributed by atoms with Crippen molar-refractivity contribution < 1.29 is 0 Å². The molecule has 1 aliphatic heterocycles. The maximum absolute atomic E-state index is 4.59. The number of para-hydroxylation sites is 1. The highest BCUT2D eigenvalue weighted by Crippen LogP contribution is 2.15. The SMILES string of the molecule is c1cncc(CN2CCC(=NNc3ccc4ccccc4n3)CC2)c1. The molecule has 5 nitrogen and oxygen atoms in total. The number of hydrogen-bond donors (Lipinski definition) is 1. The molecule has 0 unspecified atom stereocenters. The average Bonchev–Trinajstić information content (AvgIpc) is 2.68. The van der Waals surface area contributed by atoms with Crippen molar-refractivity contribution >= 4 is 22.4 Å². The molecular formula is C20H21N5. The first-order valence-corrected chi connectivity index (χ1v) is 8.65. The van der Waals surface area contributed by atoms with E-state index in [0.29, 0.717) is 0 Å². The summed E-state index contributed by atoms with van der Waals surface area (Å²) in [6.45, 7) is 3.02. The van der Waals surface area contributed by atoms with Gasteiger partial charge >= 0.3 is 0 Å². The minimum Gasteiger partial charge on any atom is -0.298 e. The van der Waals surface area contributed by atoms with Gasteiger partial charge in [0.15, 0.2) is 0 Å². The molecule has 1 aromatic carbocycles. The van der Waals surface area contributed by atoms with E-state index in [1.54, 1.807) is 0 Å². The number of nitrogens with zero attached hydrogens (tertiary/aromatic N) is 4. The van der Waals surface area contributed by atoms with Gasteiger partial charge in [-0.2, -0.15) is 5.10 Å². The van der Waals surface area contributed by atoms with E-state index in [4.69, 9.17) is 0 Å². The Labute approximate surface area is 147 Å². The first-order chi connectivity index (χ1) is 12.4. The van der Waals surface area contributed by atoms with Gasteiger partial charge in [-0.15, -0.1) is 0 Å². The number of anilines is 1. The molecule has 4 rings (SSSR count). The predicted molar refractivity (Wildman–Crippen MR) is 102 cm³/mol. The van der Waals surface area contributed by atoms with Crippen LogP contribution in [0.2, 0.25) is 0 Å². The van der Waals surface area contributed by atoms with Crippen LogP contribution in [0.1, 0.15) is 18.4 Å². The number of nitrogens with one attached hydrogen (secondary N) is 1. The van der Waals surface area contributed by atoms with Crippen molar-refractivity contribution in [3.63, 3.8) is 0 Å². The molecule has 126 valence electrons. The molecule has 1 saturated heterocycles. The Hall–Kier alpha value is -2.79. The molecule has 0 saturated carbocycles. The fourth-order valence-electron chi connectivity index (χ4n) is 3.10. The van der Waals surface area contributed by atoms with Gasteiger partial charge < -0.3 is 0 Å². The molecular weight excluding hydrogens is 310 g/mol. The lowest BCUT2D eigenvalue weighted by molar-refractivity contribution is 0.266. The maximum atomic E-state index is 4.59. The number of likely N-dealkylation sites (tertiary alicyclic amines) is 1. The number of hydrogen-bond acceptors (Lipinski definition) is 5. The Morgan fingerprint density at radius 3 is 2.72 bits per heavy atom. The van der Waals surface area contributed by atoms with Gasteiger partial charge in [0.2, 0.25) is 0 Å². The monoisotopic (exact) mass is 331 g/mol. The van der Waals surface area contributed by atoms with Crippen LogP contribution in [0.4, 0.5) is 5.82 Å². The zero-order valence-corrected chi connectivity index (χ0v) is 14.1. The highest BCUT2D eigenvalue weighted by atomic mass is 15.3. The molecule has 0 aliphatic carbocycles. The van der Waals surface area contributed by atoms with Gasteiger partial charge in [0.25, 0.3) is 0 Å². The van der Waals surface area contributed by atoms with Crippen LogP contribution in [0.15, 0.2) is 66.0 Å². The number of benzene rings is 1. The Bertz CT molecular complexity index is 865. The number of fused-ring (bicyclic) bond motifs is 1. The van der Waals surface area contributed by atoms with Crippen LogP contribution in [0.25, 0.3) is 10.9 Å². The molecule has 0 atom stereocenters. The van der Waals surface area contributed by atoms with Gasteiger partial charge in [-0.25, -0.2) is 4.98 Å². The van der Waals surface area contributed by atoms with Crippen molar-refractivity contribution in [3.8, 4) is 0 Å². The first kappa shape index (κ1) is 15.7. The lowest BCUT2D eigenvalue weighted by Crippen LogP contribution is -2.33. The maximum Gasteiger partial charge on any atom is 0.146 e. The third-order valence-electron chi connectivity index (χ3n) is 4.49. The third kappa shape index (κ3) is 4.00. The summed E-state index contributed by atoms with van der Waals surface area (Å²) in [6.07, 6.45) is 5.73. The van der Waals surface area contributed by atoms with E-state index in [2.05, 4.69) is 43.6 Å². The fraction of sp³-hybridized carbons (Fsp3) is 0.250. The van der Waals surface area contributed by atoms with Crippen LogP contribution < -0.4 is 5.43 Å². The standard InChI is InChI=1S/C20H21N5/c1-2-6-19-17(5-1)7-8-20(22-19)24-23-18-9-12-25(13-10-18)15-16-4-3-11-21-14-16/h1-8,11,14H,9-10,12-13,15H2,(H,22,24). The molecule has 3 heterocycles. The third-order valence-corrected chi connectivity index (χ3v) is 4.49. The van der Waals surface area contributed by atoms with Crippen molar-refractivity contribution in [2.45, 2.75) is 19.4 Å². The summed E-state index contributed by atoms with van der Waals surface area (Å²) in [5, 5.41) is 5.71. The number of aromatic nitrogens is 2. The normalized spacial score (nSPS) is 15.3. The number of piperidine rings is 1. The summed E-state index contributed by atoms with van der Waals surface area (Å²) in [7, 11) is 0. The minimum absolute atomic E-state index is 0.795. The van der Waals surface area contributed by atoms with Crippen LogP contribution in [-0.2, 0) is 6.54 Å². The van der Waals surface area contributed by atoms with Crippen molar-refractivity contribution in [3.05, 3.63) is 66.5 Å². The second-order valence-electron chi connectivity index (χ2n) is 6.32. The lowest BCUT2D eigenvalue weighted by Gasteiger charge is -2.27. The van der Waals surface area contributed by atoms with E-state index in [1.165, 1.54) is 11.3 Å². The zero-order valence-electron chi connectivity index (χ0n) is 14.1. The second-order valence-corrected chi connectivity index (χ2v) is 6.32. The van der Waals surface area contributed by atoms with Gasteiger partial charge in [-0.1, -0.05) is 24.3 Å². The van der Waals surface area contributed by atoms with Crippen LogP contribution in [0, 0.1) is 0 Å². The largest absolute Gasteiger partial charge is 0.298 e. The van der Waals surface area contributed by atoms with Crippen LogP contribution in [0.5, 0.6) is 0 Å². The van der Waals surface area contributed by atoms with Gasteiger partial charge in [-0.3, -0.25) is 15.3 Å². The molecule has 25 heavy (non-hydrogen) atoms. The van der Waals surface area contributed by atoms with E-state index < -0.39 is 0 Å². The fourth-order valence-corrected chi connectivity index (χ4v) is 3.10. The second kappa shape index (κ2) is 7.40. The minimum atomic E-state index is 0.795.